The molecule has 2 aliphatic rings. The van der Waals surface area contributed by atoms with Gasteiger partial charge in [0.25, 0.3) is 0 Å². The zero-order chi connectivity index (χ0) is 10.4. The van der Waals surface area contributed by atoms with E-state index in [1.165, 1.54) is 0 Å². The molecule has 4 nitrogen and oxygen atoms in total. The summed E-state index contributed by atoms with van der Waals surface area (Å²) in [6.45, 7) is 2.92. The van der Waals surface area contributed by atoms with E-state index in [1.54, 1.807) is 0 Å². The summed E-state index contributed by atoms with van der Waals surface area (Å²) >= 11 is 0. The lowest BCUT2D eigenvalue weighted by molar-refractivity contribution is -0.122. The van der Waals surface area contributed by atoms with Gasteiger partial charge in [0.15, 0.2) is 6.10 Å². The average molecular weight is 199 g/mol. The summed E-state index contributed by atoms with van der Waals surface area (Å²) in [6.07, 6.45) is 4.89. The Morgan fingerprint density at radius 1 is 1.43 bits per heavy atom. The maximum atomic E-state index is 10.4. The summed E-state index contributed by atoms with van der Waals surface area (Å²) in [7, 11) is 0. The van der Waals surface area contributed by atoms with E-state index in [9.17, 15) is 9.59 Å². The average Bonchev–Trinajstić information content (AvgIpc) is 2.85. The molecule has 1 atom stereocenters. The number of hydrogen-bond acceptors (Lipinski definition) is 3. The largest absolute Gasteiger partial charge is 0.448 e. The first-order valence-electron chi connectivity index (χ1n) is 5.21. The van der Waals surface area contributed by atoms with Crippen molar-refractivity contribution < 1.29 is 14.3 Å². The Kier molecular flexibility index (Phi) is 4.43. The predicted octanol–water partition coefficient (Wildman–Crippen LogP) is 0.998. The molecule has 1 N–H and O–H groups in total. The molecule has 0 aromatic carbocycles. The van der Waals surface area contributed by atoms with Crippen LogP contribution in [0.25, 0.3) is 0 Å². The van der Waals surface area contributed by atoms with E-state index in [-0.39, 0.29) is 18.0 Å². The number of carbonyl (C=O) groups excluding carboxylic acids is 2. The minimum absolute atomic E-state index is 0.0231. The first kappa shape index (κ1) is 11.0. The van der Waals surface area contributed by atoms with Crippen LogP contribution in [0.1, 0.15) is 39.0 Å². The summed E-state index contributed by atoms with van der Waals surface area (Å²) in [4.78, 5) is 20.4. The Morgan fingerprint density at radius 2 is 2.14 bits per heavy atom. The SMILES string of the molecule is CCCC1OC1=O.O=C1CCCCN1. The maximum Gasteiger partial charge on any atom is 0.348 e. The number of cyclic esters (lactones) is 1. The Labute approximate surface area is 84.0 Å². The van der Waals surface area contributed by atoms with Gasteiger partial charge in [-0.2, -0.15) is 0 Å². The summed E-state index contributed by atoms with van der Waals surface area (Å²) < 4.78 is 4.52. The molecule has 80 valence electrons. The van der Waals surface area contributed by atoms with Gasteiger partial charge in [-0.15, -0.1) is 0 Å². The maximum absolute atomic E-state index is 10.4. The van der Waals surface area contributed by atoms with Gasteiger partial charge < -0.3 is 10.1 Å². The third-order valence-electron chi connectivity index (χ3n) is 2.17. The molecule has 0 radical (unpaired) electrons. The zero-order valence-electron chi connectivity index (χ0n) is 8.54. The highest BCUT2D eigenvalue weighted by atomic mass is 16.6. The number of rotatable bonds is 2. The van der Waals surface area contributed by atoms with E-state index >= 15 is 0 Å². The van der Waals surface area contributed by atoms with Crippen molar-refractivity contribution in [2.45, 2.75) is 45.1 Å². The number of amides is 1. The van der Waals surface area contributed by atoms with Crippen LogP contribution >= 0.6 is 0 Å². The first-order valence-corrected chi connectivity index (χ1v) is 5.21. The Balaban J connectivity index is 0.000000140. The molecule has 0 saturated carbocycles. The molecule has 14 heavy (non-hydrogen) atoms. The fraction of sp³-hybridized carbons (Fsp3) is 0.800. The molecule has 2 fully saturated rings. The van der Waals surface area contributed by atoms with Crippen LogP contribution in [0.4, 0.5) is 0 Å². The lowest BCUT2D eigenvalue weighted by atomic mass is 10.2. The minimum atomic E-state index is -0.0261. The minimum Gasteiger partial charge on any atom is -0.448 e. The Morgan fingerprint density at radius 3 is 2.36 bits per heavy atom. The molecule has 2 heterocycles. The number of piperidine rings is 1. The van der Waals surface area contributed by atoms with Crippen molar-refractivity contribution in [3.63, 3.8) is 0 Å². The quantitative estimate of drug-likeness (QED) is 0.675. The third kappa shape index (κ3) is 4.25. The number of epoxide rings is 1. The fourth-order valence-corrected chi connectivity index (χ4v) is 1.27. The van der Waals surface area contributed by atoms with Gasteiger partial charge in [-0.25, -0.2) is 4.79 Å². The number of ether oxygens (including phenoxy) is 1. The highest BCUT2D eigenvalue weighted by Crippen LogP contribution is 2.16. The fourth-order valence-electron chi connectivity index (χ4n) is 1.27. The van der Waals surface area contributed by atoms with Gasteiger partial charge in [0.2, 0.25) is 5.91 Å². The van der Waals surface area contributed by atoms with Crippen LogP contribution in [0.3, 0.4) is 0 Å². The zero-order valence-corrected chi connectivity index (χ0v) is 8.54. The molecule has 1 unspecified atom stereocenters. The summed E-state index contributed by atoms with van der Waals surface area (Å²) in [6, 6.07) is 0. The van der Waals surface area contributed by atoms with Crippen molar-refractivity contribution in [3.8, 4) is 0 Å². The number of hydrogen-bond donors (Lipinski definition) is 1. The predicted molar refractivity (Wildman–Crippen MR) is 51.6 cm³/mol. The van der Waals surface area contributed by atoms with Crippen LogP contribution in [-0.2, 0) is 14.3 Å². The van der Waals surface area contributed by atoms with Gasteiger partial charge in [0.1, 0.15) is 0 Å². The first-order chi connectivity index (χ1) is 6.74. The van der Waals surface area contributed by atoms with Gasteiger partial charge in [-0.05, 0) is 19.3 Å². The van der Waals surface area contributed by atoms with Crippen molar-refractivity contribution in [1.82, 2.24) is 5.32 Å². The molecule has 2 rings (SSSR count). The third-order valence-corrected chi connectivity index (χ3v) is 2.17. The van der Waals surface area contributed by atoms with Crippen molar-refractivity contribution in [2.24, 2.45) is 0 Å². The second-order valence-electron chi connectivity index (χ2n) is 3.52. The molecule has 4 heteroatoms. The highest BCUT2D eigenvalue weighted by Gasteiger charge is 2.36. The molecule has 0 spiro atoms. The number of carbonyl (C=O) groups is 2. The van der Waals surface area contributed by atoms with E-state index in [4.69, 9.17) is 0 Å². The van der Waals surface area contributed by atoms with Gasteiger partial charge in [0, 0.05) is 13.0 Å². The van der Waals surface area contributed by atoms with Crippen LogP contribution < -0.4 is 5.32 Å². The van der Waals surface area contributed by atoms with Crippen LogP contribution in [0, 0.1) is 0 Å². The van der Waals surface area contributed by atoms with Crippen LogP contribution in [0.5, 0.6) is 0 Å². The molecular weight excluding hydrogens is 182 g/mol. The number of nitrogens with one attached hydrogen (secondary N) is 1. The van der Waals surface area contributed by atoms with Crippen molar-refractivity contribution in [1.29, 1.82) is 0 Å². The molecule has 2 aliphatic heterocycles. The molecule has 1 amide bonds. The Bertz CT molecular complexity index is 207. The van der Waals surface area contributed by atoms with Crippen LogP contribution in [0.15, 0.2) is 0 Å². The van der Waals surface area contributed by atoms with E-state index < -0.39 is 0 Å². The smallest absolute Gasteiger partial charge is 0.348 e. The summed E-state index contributed by atoms with van der Waals surface area (Å²) in [5, 5.41) is 2.74. The monoisotopic (exact) mass is 199 g/mol. The van der Waals surface area contributed by atoms with E-state index in [0.717, 1.165) is 38.6 Å². The highest BCUT2D eigenvalue weighted by molar-refractivity contribution is 5.87. The molecule has 0 bridgehead atoms. The topological polar surface area (TPSA) is 58.7 Å². The standard InChI is InChI=1S/C5H9NO.C5H8O2/c7-5-3-1-2-4-6-5;1-2-3-4-5(6)7-4/h1-4H2,(H,6,7);4H,2-3H2,1H3. The van der Waals surface area contributed by atoms with Gasteiger partial charge in [-0.3, -0.25) is 4.79 Å². The second-order valence-corrected chi connectivity index (χ2v) is 3.52. The van der Waals surface area contributed by atoms with Crippen LogP contribution in [0.2, 0.25) is 0 Å². The summed E-state index contributed by atoms with van der Waals surface area (Å²) in [5.41, 5.74) is 0. The van der Waals surface area contributed by atoms with Crippen molar-refractivity contribution in [3.05, 3.63) is 0 Å². The summed E-state index contributed by atoms with van der Waals surface area (Å²) in [5.74, 6) is 0.188. The van der Waals surface area contributed by atoms with Gasteiger partial charge in [0.05, 0.1) is 0 Å². The van der Waals surface area contributed by atoms with Crippen molar-refractivity contribution in [2.75, 3.05) is 6.54 Å². The molecule has 0 aromatic heterocycles. The molecule has 0 aliphatic carbocycles. The van der Waals surface area contributed by atoms with Crippen LogP contribution in [-0.4, -0.2) is 24.5 Å². The molecule has 0 aromatic rings. The van der Waals surface area contributed by atoms with Gasteiger partial charge in [-0.1, -0.05) is 13.3 Å². The van der Waals surface area contributed by atoms with E-state index in [0.29, 0.717) is 0 Å². The lowest BCUT2D eigenvalue weighted by Gasteiger charge is -2.08. The Hall–Kier alpha value is -1.06. The van der Waals surface area contributed by atoms with E-state index in [2.05, 4.69) is 10.1 Å². The second kappa shape index (κ2) is 5.62. The van der Waals surface area contributed by atoms with E-state index in [1.807, 2.05) is 6.92 Å². The molecular formula is C10H17NO3. The lowest BCUT2D eigenvalue weighted by Crippen LogP contribution is -2.28. The van der Waals surface area contributed by atoms with Gasteiger partial charge >= 0.3 is 5.97 Å². The molecule has 2 saturated heterocycles. The normalized spacial score (nSPS) is 24.2. The van der Waals surface area contributed by atoms with Crippen molar-refractivity contribution >= 4 is 11.9 Å².